The molecule has 0 saturated carbocycles. The van der Waals surface area contributed by atoms with Crippen molar-refractivity contribution in [3.63, 3.8) is 0 Å². The maximum absolute atomic E-state index is 12.9. The highest BCUT2D eigenvalue weighted by Crippen LogP contribution is 2.15. The molecule has 0 bridgehead atoms. The minimum atomic E-state index is -0.401. The highest BCUT2D eigenvalue weighted by molar-refractivity contribution is 6.30. The molecule has 6 heteroatoms. The largest absolute Gasteiger partial charge is 0.343 e. The molecule has 0 spiro atoms. The minimum absolute atomic E-state index is 0.141. The van der Waals surface area contributed by atoms with Crippen molar-refractivity contribution in [3.8, 4) is 0 Å². The summed E-state index contributed by atoms with van der Waals surface area (Å²) in [5.74, 6) is 0.261. The van der Waals surface area contributed by atoms with Gasteiger partial charge in [0, 0.05) is 19.5 Å². The van der Waals surface area contributed by atoms with E-state index in [-0.39, 0.29) is 5.02 Å². The van der Waals surface area contributed by atoms with Crippen LogP contribution in [0.4, 0.5) is 4.39 Å². The molecular formula is C11H11ClFN3O. The zero-order valence-electron chi connectivity index (χ0n) is 8.99. The van der Waals surface area contributed by atoms with Crippen LogP contribution in [0, 0.1) is 5.82 Å². The molecule has 1 aromatic heterocycles. The van der Waals surface area contributed by atoms with Crippen LogP contribution >= 0.6 is 11.6 Å². The topological polar surface area (TPSA) is 51.0 Å². The lowest BCUT2D eigenvalue weighted by Gasteiger charge is -2.04. The minimum Gasteiger partial charge on any atom is -0.343 e. The van der Waals surface area contributed by atoms with Gasteiger partial charge in [0.05, 0.1) is 5.02 Å². The van der Waals surface area contributed by atoms with Crippen molar-refractivity contribution in [2.75, 3.05) is 6.54 Å². The fourth-order valence-electron chi connectivity index (χ4n) is 1.39. The van der Waals surface area contributed by atoms with E-state index in [2.05, 4.69) is 20.0 Å². The zero-order valence-corrected chi connectivity index (χ0v) is 9.75. The number of benzene rings is 1. The van der Waals surface area contributed by atoms with Gasteiger partial charge < -0.3 is 9.84 Å². The van der Waals surface area contributed by atoms with Gasteiger partial charge in [0.2, 0.25) is 6.39 Å². The fraction of sp³-hybridized carbons (Fsp3) is 0.273. The standard InChI is InChI=1S/C11H11ClFN3O/c12-9-5-8(1-2-10(9)13)6-14-4-3-11-15-7-17-16-11/h1-2,5,7,14H,3-4,6H2. The normalized spacial score (nSPS) is 10.7. The van der Waals surface area contributed by atoms with E-state index in [9.17, 15) is 4.39 Å². The first-order valence-electron chi connectivity index (χ1n) is 5.15. The number of aromatic nitrogens is 2. The molecule has 1 N–H and O–H groups in total. The van der Waals surface area contributed by atoms with E-state index >= 15 is 0 Å². The second-order valence-electron chi connectivity index (χ2n) is 3.52. The highest BCUT2D eigenvalue weighted by atomic mass is 35.5. The Morgan fingerprint density at radius 3 is 3.00 bits per heavy atom. The van der Waals surface area contributed by atoms with E-state index in [0.29, 0.717) is 25.3 Å². The van der Waals surface area contributed by atoms with Gasteiger partial charge in [-0.25, -0.2) is 4.39 Å². The van der Waals surface area contributed by atoms with Crippen LogP contribution in [0.2, 0.25) is 5.02 Å². The molecule has 0 atom stereocenters. The summed E-state index contributed by atoms with van der Waals surface area (Å²) < 4.78 is 17.5. The molecule has 0 aliphatic rings. The van der Waals surface area contributed by atoms with Crippen molar-refractivity contribution in [2.24, 2.45) is 0 Å². The van der Waals surface area contributed by atoms with Gasteiger partial charge in [0.15, 0.2) is 5.82 Å². The fourth-order valence-corrected chi connectivity index (χ4v) is 1.59. The Morgan fingerprint density at radius 1 is 1.41 bits per heavy atom. The molecule has 0 saturated heterocycles. The van der Waals surface area contributed by atoms with Gasteiger partial charge >= 0.3 is 0 Å². The van der Waals surface area contributed by atoms with Crippen molar-refractivity contribution < 1.29 is 8.91 Å². The number of hydrogen-bond acceptors (Lipinski definition) is 4. The van der Waals surface area contributed by atoms with Gasteiger partial charge in [0.25, 0.3) is 0 Å². The number of halogens is 2. The van der Waals surface area contributed by atoms with E-state index in [0.717, 1.165) is 5.56 Å². The number of nitrogens with one attached hydrogen (secondary N) is 1. The molecule has 0 aliphatic heterocycles. The molecule has 0 radical (unpaired) electrons. The molecule has 90 valence electrons. The van der Waals surface area contributed by atoms with Gasteiger partial charge in [-0.15, -0.1) is 0 Å². The van der Waals surface area contributed by atoms with Gasteiger partial charge in [-0.2, -0.15) is 4.98 Å². The first-order chi connectivity index (χ1) is 8.25. The molecular weight excluding hydrogens is 245 g/mol. The third-order valence-electron chi connectivity index (χ3n) is 2.25. The van der Waals surface area contributed by atoms with E-state index < -0.39 is 5.82 Å². The third kappa shape index (κ3) is 3.51. The quantitative estimate of drug-likeness (QED) is 0.832. The van der Waals surface area contributed by atoms with Crippen LogP contribution in [0.15, 0.2) is 29.1 Å². The van der Waals surface area contributed by atoms with Crippen LogP contribution in [0.5, 0.6) is 0 Å². The average molecular weight is 256 g/mol. The van der Waals surface area contributed by atoms with Crippen molar-refractivity contribution in [1.82, 2.24) is 15.5 Å². The number of hydrogen-bond donors (Lipinski definition) is 1. The van der Waals surface area contributed by atoms with E-state index in [1.54, 1.807) is 12.1 Å². The Morgan fingerprint density at radius 2 is 2.29 bits per heavy atom. The molecule has 0 amide bonds. The van der Waals surface area contributed by atoms with Crippen LogP contribution in [-0.2, 0) is 13.0 Å². The predicted octanol–water partition coefficient (Wildman–Crippen LogP) is 2.19. The molecule has 2 rings (SSSR count). The Labute approximate surface area is 103 Å². The summed E-state index contributed by atoms with van der Waals surface area (Å²) in [6.07, 6.45) is 1.99. The van der Waals surface area contributed by atoms with Crippen LogP contribution in [-0.4, -0.2) is 16.7 Å². The monoisotopic (exact) mass is 255 g/mol. The van der Waals surface area contributed by atoms with E-state index in [1.165, 1.54) is 12.5 Å². The second-order valence-corrected chi connectivity index (χ2v) is 3.93. The maximum atomic E-state index is 12.9. The summed E-state index contributed by atoms with van der Waals surface area (Å²) >= 11 is 5.67. The Hall–Kier alpha value is -1.46. The van der Waals surface area contributed by atoms with Gasteiger partial charge in [-0.1, -0.05) is 22.8 Å². The highest BCUT2D eigenvalue weighted by Gasteiger charge is 2.01. The molecule has 0 unspecified atom stereocenters. The predicted molar refractivity (Wildman–Crippen MR) is 61.1 cm³/mol. The summed E-state index contributed by atoms with van der Waals surface area (Å²) in [5, 5.41) is 7.01. The first kappa shape index (κ1) is 12.0. The summed E-state index contributed by atoms with van der Waals surface area (Å²) in [6, 6.07) is 4.67. The molecule has 1 aromatic carbocycles. The Balaban J connectivity index is 1.76. The van der Waals surface area contributed by atoms with Crippen LogP contribution in [0.1, 0.15) is 11.4 Å². The van der Waals surface area contributed by atoms with Crippen molar-refractivity contribution in [1.29, 1.82) is 0 Å². The maximum Gasteiger partial charge on any atom is 0.213 e. The Bertz CT molecular complexity index is 476. The summed E-state index contributed by atoms with van der Waals surface area (Å²) in [4.78, 5) is 3.90. The van der Waals surface area contributed by atoms with Crippen LogP contribution in [0.25, 0.3) is 0 Å². The zero-order chi connectivity index (χ0) is 12.1. The molecule has 2 aromatic rings. The molecule has 0 fully saturated rings. The lowest BCUT2D eigenvalue weighted by molar-refractivity contribution is 0.409. The van der Waals surface area contributed by atoms with Crippen molar-refractivity contribution in [2.45, 2.75) is 13.0 Å². The average Bonchev–Trinajstić information content (AvgIpc) is 2.82. The summed E-state index contributed by atoms with van der Waals surface area (Å²) in [7, 11) is 0. The van der Waals surface area contributed by atoms with E-state index in [4.69, 9.17) is 11.6 Å². The lowest BCUT2D eigenvalue weighted by atomic mass is 10.2. The number of rotatable bonds is 5. The third-order valence-corrected chi connectivity index (χ3v) is 2.54. The summed E-state index contributed by atoms with van der Waals surface area (Å²) in [5.41, 5.74) is 0.935. The lowest BCUT2D eigenvalue weighted by Crippen LogP contribution is -2.17. The molecule has 1 heterocycles. The number of nitrogens with zero attached hydrogens (tertiary/aromatic N) is 2. The SMILES string of the molecule is Fc1ccc(CNCCc2ncon2)cc1Cl. The van der Waals surface area contributed by atoms with Crippen molar-refractivity contribution >= 4 is 11.6 Å². The van der Waals surface area contributed by atoms with Crippen LogP contribution < -0.4 is 5.32 Å². The van der Waals surface area contributed by atoms with Crippen LogP contribution in [0.3, 0.4) is 0 Å². The van der Waals surface area contributed by atoms with Gasteiger partial charge in [-0.3, -0.25) is 0 Å². The van der Waals surface area contributed by atoms with E-state index in [1.807, 2.05) is 0 Å². The Kier molecular flexibility index (Phi) is 4.06. The van der Waals surface area contributed by atoms with Crippen molar-refractivity contribution in [3.05, 3.63) is 46.8 Å². The molecule has 17 heavy (non-hydrogen) atoms. The molecule has 4 nitrogen and oxygen atoms in total. The smallest absolute Gasteiger partial charge is 0.213 e. The second kappa shape index (κ2) is 5.75. The first-order valence-corrected chi connectivity index (χ1v) is 5.53. The van der Waals surface area contributed by atoms with Gasteiger partial charge in [-0.05, 0) is 17.7 Å². The summed E-state index contributed by atoms with van der Waals surface area (Å²) in [6.45, 7) is 1.34. The van der Waals surface area contributed by atoms with Gasteiger partial charge in [0.1, 0.15) is 5.82 Å². The molecule has 0 aliphatic carbocycles.